The SMILES string of the molecule is C[CH2][Al-]1[C@@]2(C(C)(C)C)P3C(C(C)(C)C)=PP2(=C(P(CC)CC)C(C)(C)C)[C@]13C(C)(C)C. The largest absolute Gasteiger partial charge is 0.221 e. The van der Waals surface area contributed by atoms with Crippen molar-refractivity contribution >= 4 is 54.5 Å². The van der Waals surface area contributed by atoms with Gasteiger partial charge < -0.3 is 0 Å². The van der Waals surface area contributed by atoms with E-state index in [9.17, 15) is 0 Å². The summed E-state index contributed by atoms with van der Waals surface area (Å²) in [7, 11) is 1.92. The molecular formula is C26H51AlP4-. The summed E-state index contributed by atoms with van der Waals surface area (Å²) in [5, 5.41) is 5.74. The summed E-state index contributed by atoms with van der Waals surface area (Å²) in [6, 6.07) is 0. The molecule has 1 radical (unpaired) electrons. The Morgan fingerprint density at radius 1 is 0.839 bits per heavy atom. The van der Waals surface area contributed by atoms with E-state index >= 15 is 0 Å². The monoisotopic (exact) mass is 514 g/mol. The number of hydrogen-bond donors (Lipinski definition) is 0. The van der Waals surface area contributed by atoms with E-state index in [1.807, 2.05) is 12.9 Å². The van der Waals surface area contributed by atoms with Gasteiger partial charge in [-0.3, -0.25) is 0 Å². The number of rotatable bonds is 4. The van der Waals surface area contributed by atoms with Gasteiger partial charge in [0, 0.05) is 14.1 Å². The Hall–Kier alpha value is 1.86. The van der Waals surface area contributed by atoms with Crippen molar-refractivity contribution in [2.45, 2.75) is 117 Å². The first-order valence-electron chi connectivity index (χ1n) is 12.7. The summed E-state index contributed by atoms with van der Waals surface area (Å²) >= 11 is -0.881. The third kappa shape index (κ3) is 2.91. The van der Waals surface area contributed by atoms with Gasteiger partial charge in [0.05, 0.1) is 0 Å². The normalized spacial score (nSPS) is 36.3. The molecule has 0 saturated carbocycles. The molecular weight excluding hydrogens is 463 g/mol. The fourth-order valence-corrected chi connectivity index (χ4v) is 63.6. The fraction of sp³-hybridized carbons (Fsp3) is 0.923. The van der Waals surface area contributed by atoms with Gasteiger partial charge in [-0.25, -0.2) is 5.28 Å². The topological polar surface area (TPSA) is 0 Å². The van der Waals surface area contributed by atoms with Crippen molar-refractivity contribution in [3.05, 3.63) is 0 Å². The lowest BCUT2D eigenvalue weighted by molar-refractivity contribution is 0.326. The van der Waals surface area contributed by atoms with Crippen molar-refractivity contribution in [3.8, 4) is 0 Å². The molecule has 0 aromatic rings. The second kappa shape index (κ2) is 7.68. The molecule has 3 saturated heterocycles. The second-order valence-electron chi connectivity index (χ2n) is 14.3. The molecule has 5 aliphatic heterocycles. The van der Waals surface area contributed by atoms with E-state index in [0.29, 0.717) is 21.7 Å². The minimum atomic E-state index is -1.25. The smallest absolute Gasteiger partial charge is 0.0160 e. The van der Waals surface area contributed by atoms with Crippen LogP contribution in [0.1, 0.15) is 104 Å². The summed E-state index contributed by atoms with van der Waals surface area (Å²) in [5.41, 5.74) is 1.65. The minimum Gasteiger partial charge on any atom is -0.221 e. The Morgan fingerprint density at radius 2 is 1.26 bits per heavy atom. The van der Waals surface area contributed by atoms with Crippen LogP contribution < -0.4 is 0 Å². The Kier molecular flexibility index (Phi) is 6.80. The average Bonchev–Trinajstić information content (AvgIpc) is 2.95. The van der Waals surface area contributed by atoms with Crippen LogP contribution in [0.5, 0.6) is 0 Å². The van der Waals surface area contributed by atoms with Gasteiger partial charge in [0.15, 0.2) is 0 Å². The highest BCUT2D eigenvalue weighted by Gasteiger charge is 2.89. The molecule has 0 spiro atoms. The van der Waals surface area contributed by atoms with E-state index in [1.54, 1.807) is 0 Å². The Balaban J connectivity index is 2.61. The van der Waals surface area contributed by atoms with Gasteiger partial charge in [-0.15, -0.1) is 28.9 Å². The molecule has 0 aromatic carbocycles. The van der Waals surface area contributed by atoms with Gasteiger partial charge in [-0.2, -0.15) is 0 Å². The molecule has 4 bridgehead atoms. The van der Waals surface area contributed by atoms with Gasteiger partial charge >= 0.3 is 0 Å². The summed E-state index contributed by atoms with van der Waals surface area (Å²) < 4.78 is 1.49. The molecule has 0 amide bonds. The van der Waals surface area contributed by atoms with Crippen LogP contribution in [0.4, 0.5) is 0 Å². The van der Waals surface area contributed by atoms with Gasteiger partial charge in [0.2, 0.25) is 0 Å². The third-order valence-corrected chi connectivity index (χ3v) is 45.7. The lowest BCUT2D eigenvalue weighted by Gasteiger charge is -3.03. The third-order valence-electron chi connectivity index (χ3n) is 8.42. The van der Waals surface area contributed by atoms with Crippen LogP contribution in [-0.2, 0) is 0 Å². The summed E-state index contributed by atoms with van der Waals surface area (Å²) in [6.07, 6.45) is 2.80. The summed E-state index contributed by atoms with van der Waals surface area (Å²) in [5.74, 6) is 0. The predicted molar refractivity (Wildman–Crippen MR) is 158 cm³/mol. The van der Waals surface area contributed by atoms with Gasteiger partial charge in [-0.05, 0) is 33.2 Å². The molecule has 5 heterocycles. The van der Waals surface area contributed by atoms with Crippen LogP contribution in [0.25, 0.3) is 0 Å². The molecule has 179 valence electrons. The molecule has 2 unspecified atom stereocenters. The maximum Gasteiger partial charge on any atom is 0.0160 e. The van der Waals surface area contributed by atoms with Crippen LogP contribution in [0, 0.1) is 21.7 Å². The minimum absolute atomic E-state index is 0.0152. The van der Waals surface area contributed by atoms with Crippen molar-refractivity contribution in [3.63, 3.8) is 0 Å². The first-order valence-corrected chi connectivity index (χ1v) is 21.1. The van der Waals surface area contributed by atoms with Gasteiger partial charge in [0.1, 0.15) is 0 Å². The van der Waals surface area contributed by atoms with Crippen molar-refractivity contribution in [1.82, 2.24) is 0 Å². The van der Waals surface area contributed by atoms with Gasteiger partial charge in [0.25, 0.3) is 0 Å². The van der Waals surface area contributed by atoms with Crippen LogP contribution in [0.2, 0.25) is 5.28 Å². The molecule has 0 aromatic heterocycles. The standard InChI is InChI=1S/C24H46P4.C2H5.Al/c1-15-26(16-2)18(22(6,7)8)28-19(23(9,10)11)27(20(28)24(12,13)14)17(25-28)21(3,4)5;1-2;/h15-16H2,1-14H3;1H2,2H3;/q;;-1. The van der Waals surface area contributed by atoms with E-state index < -0.39 is 20.7 Å². The van der Waals surface area contributed by atoms with Crippen molar-refractivity contribution in [2.24, 2.45) is 21.7 Å². The van der Waals surface area contributed by atoms with Crippen LogP contribution in [-0.4, -0.2) is 44.1 Å². The lowest BCUT2D eigenvalue weighted by Crippen LogP contribution is -2.88. The molecule has 5 aliphatic rings. The lowest BCUT2D eigenvalue weighted by atomic mass is 9.96. The molecule has 3 fully saturated rings. The van der Waals surface area contributed by atoms with Crippen molar-refractivity contribution in [2.75, 3.05) is 12.3 Å². The van der Waals surface area contributed by atoms with E-state index in [1.165, 1.54) is 17.6 Å². The highest BCUT2D eigenvalue weighted by Crippen LogP contribution is 3.21. The van der Waals surface area contributed by atoms with E-state index in [2.05, 4.69) is 109 Å². The van der Waals surface area contributed by atoms with Crippen LogP contribution in [0.15, 0.2) is 0 Å². The zero-order valence-corrected chi connectivity index (χ0v) is 28.2. The van der Waals surface area contributed by atoms with E-state index in [-0.39, 0.29) is 15.8 Å². The van der Waals surface area contributed by atoms with Gasteiger partial charge in [-0.1, -0.05) is 124 Å². The molecule has 4 atom stereocenters. The maximum atomic E-state index is 2.68. The molecule has 31 heavy (non-hydrogen) atoms. The molecule has 5 rings (SSSR count). The summed E-state index contributed by atoms with van der Waals surface area (Å²) in [4.78, 5) is 0. The van der Waals surface area contributed by atoms with E-state index in [0.717, 1.165) is 7.52 Å². The predicted octanol–water partition coefficient (Wildman–Crippen LogP) is 10.3. The Bertz CT molecular complexity index is 805. The van der Waals surface area contributed by atoms with Crippen LogP contribution >= 0.6 is 30.3 Å². The van der Waals surface area contributed by atoms with Crippen LogP contribution in [0.3, 0.4) is 0 Å². The quantitative estimate of drug-likeness (QED) is 0.259. The first kappa shape index (κ1) is 27.5. The Labute approximate surface area is 204 Å². The first-order chi connectivity index (χ1) is 13.8. The Morgan fingerprint density at radius 3 is 1.52 bits per heavy atom. The maximum absolute atomic E-state index is 2.68. The second-order valence-corrected chi connectivity index (χ2v) is 32.8. The number of hydrogen-bond acceptors (Lipinski definition) is 0. The van der Waals surface area contributed by atoms with Crippen molar-refractivity contribution in [1.29, 1.82) is 0 Å². The zero-order valence-electron chi connectivity index (χ0n) is 23.5. The molecule has 0 nitrogen and oxygen atoms in total. The fourth-order valence-electron chi connectivity index (χ4n) is 8.14. The van der Waals surface area contributed by atoms with Crippen molar-refractivity contribution < 1.29 is 0 Å². The highest BCUT2D eigenvalue weighted by molar-refractivity contribution is 8.55. The summed E-state index contributed by atoms with van der Waals surface area (Å²) in [6.45, 7) is 38.0. The molecule has 0 N–H and O–H groups in total. The van der Waals surface area contributed by atoms with E-state index in [4.69, 9.17) is 0 Å². The zero-order chi connectivity index (χ0) is 24.2. The highest BCUT2D eigenvalue weighted by atomic mass is 32.1. The molecule has 0 aliphatic carbocycles. The molecule has 5 heteroatoms. The average molecular weight is 515 g/mol.